The Morgan fingerprint density at radius 2 is 1.72 bits per heavy atom. The van der Waals surface area contributed by atoms with Gasteiger partial charge in [-0.3, -0.25) is 14.9 Å². The number of nitrogens with one attached hydrogen (secondary N) is 2. The molecule has 0 aliphatic carbocycles. The third-order valence-electron chi connectivity index (χ3n) is 6.25. The summed E-state index contributed by atoms with van der Waals surface area (Å²) in [6.07, 6.45) is 0.718. The number of piperidine rings is 1. The Balaban J connectivity index is 1.47. The maximum absolute atomic E-state index is 13.1. The molecule has 0 radical (unpaired) electrons. The molecule has 2 N–H and O–H groups in total. The van der Waals surface area contributed by atoms with Crippen LogP contribution in [0, 0.1) is 6.92 Å². The first-order chi connectivity index (χ1) is 15.1. The third kappa shape index (κ3) is 3.88. The minimum absolute atomic E-state index is 0.230. The minimum Gasteiger partial charge on any atom is -0.339 e. The summed E-state index contributed by atoms with van der Waals surface area (Å²) < 4.78 is 25.9. The Labute approximate surface area is 186 Å². The predicted octanol–water partition coefficient (Wildman–Crippen LogP) is 2.13. The van der Waals surface area contributed by atoms with Crippen molar-refractivity contribution in [3.63, 3.8) is 0 Å². The second kappa shape index (κ2) is 8.05. The molecule has 4 amide bonds. The molecule has 0 saturated carbocycles. The zero-order valence-electron chi connectivity index (χ0n) is 17.9. The Kier molecular flexibility index (Phi) is 5.54. The summed E-state index contributed by atoms with van der Waals surface area (Å²) in [6, 6.07) is 12.9. The number of amides is 4. The van der Waals surface area contributed by atoms with Gasteiger partial charge in [0.2, 0.25) is 0 Å². The van der Waals surface area contributed by atoms with Crippen molar-refractivity contribution in [2.45, 2.75) is 42.4 Å². The molecule has 8 nitrogen and oxygen atoms in total. The standard InChI is InChI=1S/C23H25N3O5S/c1-15-6-8-18(9-7-15)32(30,31)19-10-12-26(13-11-19)20(27)16-4-3-5-17(14-16)23(2)21(28)24-22(29)25-23/h3-9,14,19H,10-13H2,1-2H3,(H2,24,25,28,29). The van der Waals surface area contributed by atoms with E-state index in [0.29, 0.717) is 42.0 Å². The summed E-state index contributed by atoms with van der Waals surface area (Å²) in [4.78, 5) is 38.8. The molecule has 0 bridgehead atoms. The summed E-state index contributed by atoms with van der Waals surface area (Å²) in [7, 11) is -3.45. The van der Waals surface area contributed by atoms with E-state index in [2.05, 4.69) is 10.6 Å². The lowest BCUT2D eigenvalue weighted by molar-refractivity contribution is -0.123. The van der Waals surface area contributed by atoms with Gasteiger partial charge in [0.15, 0.2) is 9.84 Å². The van der Waals surface area contributed by atoms with Crippen LogP contribution in [0.1, 0.15) is 41.3 Å². The average molecular weight is 456 g/mol. The molecule has 1 unspecified atom stereocenters. The molecule has 2 saturated heterocycles. The zero-order valence-corrected chi connectivity index (χ0v) is 18.7. The van der Waals surface area contributed by atoms with Gasteiger partial charge in [0, 0.05) is 18.7 Å². The van der Waals surface area contributed by atoms with Crippen molar-refractivity contribution in [3.8, 4) is 0 Å². The second-order valence-corrected chi connectivity index (χ2v) is 10.7. The molecule has 2 aromatic carbocycles. The first-order valence-electron chi connectivity index (χ1n) is 10.5. The van der Waals surface area contributed by atoms with Crippen LogP contribution in [0.15, 0.2) is 53.4 Å². The smallest absolute Gasteiger partial charge is 0.322 e. The zero-order chi connectivity index (χ0) is 23.1. The summed E-state index contributed by atoms with van der Waals surface area (Å²) in [5.41, 5.74) is 0.638. The van der Waals surface area contributed by atoms with E-state index in [4.69, 9.17) is 0 Å². The molecule has 0 aromatic heterocycles. The number of likely N-dealkylation sites (tertiary alicyclic amines) is 1. The minimum atomic E-state index is -3.45. The SMILES string of the molecule is Cc1ccc(S(=O)(=O)C2CCN(C(=O)c3cccc(C4(C)NC(=O)NC4=O)c3)CC2)cc1. The molecule has 32 heavy (non-hydrogen) atoms. The lowest BCUT2D eigenvalue weighted by Crippen LogP contribution is -2.43. The van der Waals surface area contributed by atoms with Crippen molar-refractivity contribution in [1.82, 2.24) is 15.5 Å². The van der Waals surface area contributed by atoms with Gasteiger partial charge in [0.1, 0.15) is 5.54 Å². The van der Waals surface area contributed by atoms with Crippen LogP contribution in [0.2, 0.25) is 0 Å². The molecular weight excluding hydrogens is 430 g/mol. The fourth-order valence-corrected chi connectivity index (χ4v) is 5.91. The van der Waals surface area contributed by atoms with Gasteiger partial charge in [-0.05, 0) is 56.5 Å². The molecule has 2 aromatic rings. The lowest BCUT2D eigenvalue weighted by Gasteiger charge is -2.32. The van der Waals surface area contributed by atoms with Gasteiger partial charge in [-0.1, -0.05) is 29.8 Å². The van der Waals surface area contributed by atoms with Gasteiger partial charge in [-0.25, -0.2) is 13.2 Å². The summed E-state index contributed by atoms with van der Waals surface area (Å²) in [6.45, 7) is 4.14. The van der Waals surface area contributed by atoms with E-state index < -0.39 is 32.6 Å². The van der Waals surface area contributed by atoms with Gasteiger partial charge >= 0.3 is 6.03 Å². The highest BCUT2D eigenvalue weighted by atomic mass is 32.2. The molecule has 1 atom stereocenters. The van der Waals surface area contributed by atoms with E-state index in [1.807, 2.05) is 6.92 Å². The monoisotopic (exact) mass is 455 g/mol. The van der Waals surface area contributed by atoms with Crippen molar-refractivity contribution in [1.29, 1.82) is 0 Å². The Morgan fingerprint density at radius 3 is 2.31 bits per heavy atom. The quantitative estimate of drug-likeness (QED) is 0.686. The number of sulfone groups is 1. The maximum Gasteiger partial charge on any atom is 0.322 e. The van der Waals surface area contributed by atoms with E-state index in [1.165, 1.54) is 0 Å². The summed E-state index contributed by atoms with van der Waals surface area (Å²) in [5.74, 6) is -0.708. The highest BCUT2D eigenvalue weighted by Crippen LogP contribution is 2.28. The fraction of sp³-hybridized carbons (Fsp3) is 0.348. The first kappa shape index (κ1) is 22.0. The molecule has 2 fully saturated rings. The number of hydrogen-bond acceptors (Lipinski definition) is 5. The molecule has 0 spiro atoms. The van der Waals surface area contributed by atoms with E-state index in [0.717, 1.165) is 5.56 Å². The Morgan fingerprint density at radius 1 is 1.06 bits per heavy atom. The summed E-state index contributed by atoms with van der Waals surface area (Å²) >= 11 is 0. The van der Waals surface area contributed by atoms with Gasteiger partial charge < -0.3 is 10.2 Å². The highest BCUT2D eigenvalue weighted by molar-refractivity contribution is 7.92. The van der Waals surface area contributed by atoms with E-state index in [1.54, 1.807) is 60.4 Å². The number of carbonyl (C=O) groups excluding carboxylic acids is 3. The fourth-order valence-electron chi connectivity index (χ4n) is 4.18. The van der Waals surface area contributed by atoms with Crippen molar-refractivity contribution < 1.29 is 22.8 Å². The lowest BCUT2D eigenvalue weighted by atomic mass is 9.91. The Bertz CT molecular complexity index is 1180. The molecule has 168 valence electrons. The molecule has 2 aliphatic rings. The van der Waals surface area contributed by atoms with Crippen LogP contribution < -0.4 is 10.6 Å². The van der Waals surface area contributed by atoms with Crippen molar-refractivity contribution in [2.75, 3.05) is 13.1 Å². The maximum atomic E-state index is 13.1. The largest absolute Gasteiger partial charge is 0.339 e. The van der Waals surface area contributed by atoms with Crippen LogP contribution in [-0.4, -0.2) is 49.5 Å². The van der Waals surface area contributed by atoms with E-state index in [9.17, 15) is 22.8 Å². The normalized spacial score (nSPS) is 21.9. The number of aryl methyl sites for hydroxylation is 1. The number of rotatable bonds is 4. The van der Waals surface area contributed by atoms with Gasteiger partial charge in [0.25, 0.3) is 11.8 Å². The number of carbonyl (C=O) groups is 3. The van der Waals surface area contributed by atoms with E-state index in [-0.39, 0.29) is 5.91 Å². The van der Waals surface area contributed by atoms with Crippen LogP contribution in [0.25, 0.3) is 0 Å². The van der Waals surface area contributed by atoms with E-state index >= 15 is 0 Å². The number of urea groups is 1. The van der Waals surface area contributed by atoms with Crippen LogP contribution in [0.3, 0.4) is 0 Å². The Hall–Kier alpha value is -3.20. The predicted molar refractivity (Wildman–Crippen MR) is 118 cm³/mol. The number of nitrogens with zero attached hydrogens (tertiary/aromatic N) is 1. The van der Waals surface area contributed by atoms with Gasteiger partial charge in [-0.2, -0.15) is 0 Å². The molecule has 2 heterocycles. The average Bonchev–Trinajstić information content (AvgIpc) is 3.06. The number of imide groups is 1. The second-order valence-electron chi connectivity index (χ2n) is 8.46. The van der Waals surface area contributed by atoms with Crippen LogP contribution in [0.5, 0.6) is 0 Å². The first-order valence-corrected chi connectivity index (χ1v) is 12.0. The van der Waals surface area contributed by atoms with Gasteiger partial charge in [0.05, 0.1) is 10.1 Å². The van der Waals surface area contributed by atoms with Gasteiger partial charge in [-0.15, -0.1) is 0 Å². The van der Waals surface area contributed by atoms with Crippen molar-refractivity contribution in [3.05, 3.63) is 65.2 Å². The van der Waals surface area contributed by atoms with Crippen LogP contribution >= 0.6 is 0 Å². The summed E-state index contributed by atoms with van der Waals surface area (Å²) in [5, 5.41) is 4.27. The number of hydrogen-bond donors (Lipinski definition) is 2. The van der Waals surface area contributed by atoms with Crippen molar-refractivity contribution >= 4 is 27.7 Å². The molecule has 4 rings (SSSR count). The van der Waals surface area contributed by atoms with Crippen LogP contribution in [0.4, 0.5) is 4.79 Å². The van der Waals surface area contributed by atoms with Crippen molar-refractivity contribution in [2.24, 2.45) is 0 Å². The molecular formula is C23H25N3O5S. The molecule has 9 heteroatoms. The molecule has 2 aliphatic heterocycles. The van der Waals surface area contributed by atoms with Crippen LogP contribution in [-0.2, 0) is 20.2 Å². The number of benzene rings is 2. The third-order valence-corrected chi connectivity index (χ3v) is 8.53. The topological polar surface area (TPSA) is 113 Å². The highest BCUT2D eigenvalue weighted by Gasteiger charge is 2.43.